The van der Waals surface area contributed by atoms with Crippen LogP contribution in [0.4, 0.5) is 0 Å². The molecular weight excluding hydrogens is 354 g/mol. The molecule has 0 radical (unpaired) electrons. The molecule has 1 aliphatic heterocycles. The van der Waals surface area contributed by atoms with Crippen molar-refractivity contribution in [3.05, 3.63) is 108 Å². The molecule has 0 saturated carbocycles. The number of quaternary nitrogens is 1. The lowest BCUT2D eigenvalue weighted by Crippen LogP contribution is -2.92. The molecule has 1 aliphatic rings. The molecule has 0 unspecified atom stereocenters. The number of benzene rings is 3. The lowest BCUT2D eigenvalue weighted by molar-refractivity contribution is -0.758. The predicted octanol–water partition coefficient (Wildman–Crippen LogP) is 4.68. The zero-order valence-corrected chi connectivity index (χ0v) is 17.4. The molecule has 1 fully saturated rings. The van der Waals surface area contributed by atoms with Crippen molar-refractivity contribution in [3.63, 3.8) is 0 Å². The number of aliphatic hydroxyl groups is 1. The van der Waals surface area contributed by atoms with Crippen LogP contribution in [-0.4, -0.2) is 10.7 Å². The van der Waals surface area contributed by atoms with Crippen molar-refractivity contribution in [2.45, 2.75) is 44.4 Å². The second-order valence-corrected chi connectivity index (χ2v) is 8.89. The van der Waals surface area contributed by atoms with E-state index in [0.717, 1.165) is 6.42 Å². The van der Waals surface area contributed by atoms with E-state index < -0.39 is 5.60 Å². The normalized spacial score (nSPS) is 27.1. The number of hydrogen-bond donors (Lipinski definition) is 2. The maximum Gasteiger partial charge on any atom is 0.118 e. The summed E-state index contributed by atoms with van der Waals surface area (Å²) in [4.78, 5) is 0. The molecular formula is C27H32NO+. The molecule has 4 atom stereocenters. The van der Waals surface area contributed by atoms with Gasteiger partial charge in [0.05, 0.1) is 5.60 Å². The third-order valence-corrected chi connectivity index (χ3v) is 6.50. The quantitative estimate of drug-likeness (QED) is 0.656. The molecule has 0 bridgehead atoms. The van der Waals surface area contributed by atoms with Gasteiger partial charge in [0.15, 0.2) is 0 Å². The molecule has 150 valence electrons. The molecule has 0 aliphatic carbocycles. The van der Waals surface area contributed by atoms with Crippen LogP contribution in [0.15, 0.2) is 91.0 Å². The first kappa shape index (κ1) is 19.9. The average Bonchev–Trinajstić information content (AvgIpc) is 2.74. The molecule has 1 heterocycles. The lowest BCUT2D eigenvalue weighted by atomic mass is 9.64. The van der Waals surface area contributed by atoms with Crippen LogP contribution in [0.2, 0.25) is 0 Å². The summed E-state index contributed by atoms with van der Waals surface area (Å²) in [6, 6.07) is 32.3. The number of nitrogens with two attached hydrogens (primary N) is 1. The van der Waals surface area contributed by atoms with Gasteiger partial charge in [-0.25, -0.2) is 0 Å². The van der Waals surface area contributed by atoms with Gasteiger partial charge in [-0.05, 0) is 11.5 Å². The minimum Gasteiger partial charge on any atom is -0.389 e. The van der Waals surface area contributed by atoms with E-state index in [0.29, 0.717) is 12.3 Å². The van der Waals surface area contributed by atoms with Crippen LogP contribution >= 0.6 is 0 Å². The second kappa shape index (κ2) is 8.52. The highest BCUT2D eigenvalue weighted by atomic mass is 16.3. The largest absolute Gasteiger partial charge is 0.389 e. The summed E-state index contributed by atoms with van der Waals surface area (Å²) in [5.41, 5.74) is 3.05. The Labute approximate surface area is 174 Å². The third kappa shape index (κ3) is 4.29. The van der Waals surface area contributed by atoms with Gasteiger partial charge >= 0.3 is 0 Å². The molecule has 3 aromatic rings. The van der Waals surface area contributed by atoms with Gasteiger partial charge in [0, 0.05) is 29.9 Å². The summed E-state index contributed by atoms with van der Waals surface area (Å²) in [7, 11) is 0. The van der Waals surface area contributed by atoms with Gasteiger partial charge in [0.25, 0.3) is 0 Å². The molecule has 4 rings (SSSR count). The highest BCUT2D eigenvalue weighted by Crippen LogP contribution is 2.44. The number of piperidine rings is 1. The summed E-state index contributed by atoms with van der Waals surface area (Å²) in [6.45, 7) is 4.51. The van der Waals surface area contributed by atoms with Crippen LogP contribution in [0.25, 0.3) is 0 Å². The summed E-state index contributed by atoms with van der Waals surface area (Å²) in [5.74, 6) is 0.548. The fraction of sp³-hybridized carbons (Fsp3) is 0.333. The third-order valence-electron chi connectivity index (χ3n) is 6.50. The Kier molecular flexibility index (Phi) is 5.84. The molecule has 2 nitrogen and oxygen atoms in total. The topological polar surface area (TPSA) is 36.8 Å². The zero-order valence-electron chi connectivity index (χ0n) is 17.4. The van der Waals surface area contributed by atoms with Gasteiger partial charge in [-0.1, -0.05) is 105 Å². The molecule has 1 saturated heterocycles. The minimum atomic E-state index is -0.759. The Morgan fingerprint density at radius 3 is 1.90 bits per heavy atom. The van der Waals surface area contributed by atoms with E-state index in [1.54, 1.807) is 0 Å². The van der Waals surface area contributed by atoms with E-state index in [-0.39, 0.29) is 18.0 Å². The van der Waals surface area contributed by atoms with Crippen molar-refractivity contribution in [2.24, 2.45) is 11.8 Å². The summed E-state index contributed by atoms with van der Waals surface area (Å²) < 4.78 is 0. The van der Waals surface area contributed by atoms with Crippen LogP contribution in [0.1, 0.15) is 49.0 Å². The van der Waals surface area contributed by atoms with Gasteiger partial charge in [0.2, 0.25) is 0 Å². The Hall–Kier alpha value is -2.42. The maximum atomic E-state index is 12.2. The molecule has 3 aromatic carbocycles. The van der Waals surface area contributed by atoms with Crippen LogP contribution < -0.4 is 5.32 Å². The Morgan fingerprint density at radius 1 is 0.828 bits per heavy atom. The smallest absolute Gasteiger partial charge is 0.118 e. The van der Waals surface area contributed by atoms with Crippen LogP contribution in [0.5, 0.6) is 0 Å². The molecule has 3 N–H and O–H groups in total. The Morgan fingerprint density at radius 2 is 1.34 bits per heavy atom. The molecule has 2 heteroatoms. The Balaban J connectivity index is 1.77. The van der Waals surface area contributed by atoms with Gasteiger partial charge in [0.1, 0.15) is 12.1 Å². The van der Waals surface area contributed by atoms with Crippen molar-refractivity contribution in [1.82, 2.24) is 0 Å². The molecule has 29 heavy (non-hydrogen) atoms. The van der Waals surface area contributed by atoms with Crippen LogP contribution in [0, 0.1) is 11.8 Å². The Bertz CT molecular complexity index is 894. The van der Waals surface area contributed by atoms with E-state index in [9.17, 15) is 5.11 Å². The highest BCUT2D eigenvalue weighted by Gasteiger charge is 2.52. The van der Waals surface area contributed by atoms with Gasteiger partial charge in [-0.2, -0.15) is 0 Å². The van der Waals surface area contributed by atoms with Crippen molar-refractivity contribution in [3.8, 4) is 0 Å². The van der Waals surface area contributed by atoms with E-state index in [1.807, 2.05) is 6.07 Å². The zero-order chi connectivity index (χ0) is 20.3. The lowest BCUT2D eigenvalue weighted by Gasteiger charge is -2.48. The van der Waals surface area contributed by atoms with E-state index in [2.05, 4.69) is 104 Å². The van der Waals surface area contributed by atoms with Gasteiger partial charge in [-0.15, -0.1) is 0 Å². The average molecular weight is 387 g/mol. The summed E-state index contributed by atoms with van der Waals surface area (Å²) in [5, 5.41) is 14.7. The first-order valence-corrected chi connectivity index (χ1v) is 10.8. The maximum absolute atomic E-state index is 12.2. The SMILES string of the molecule is CC(C)[C@@H]1[C@H](c2ccccc2)[NH2+][C@H](c2ccccc2)C[C@]1(O)Cc1ccccc1. The number of hydrogen-bond acceptors (Lipinski definition) is 1. The number of rotatable bonds is 5. The minimum absolute atomic E-state index is 0.171. The first-order valence-electron chi connectivity index (χ1n) is 10.8. The highest BCUT2D eigenvalue weighted by molar-refractivity contribution is 5.25. The second-order valence-electron chi connectivity index (χ2n) is 8.89. The van der Waals surface area contributed by atoms with Crippen molar-refractivity contribution in [2.75, 3.05) is 0 Å². The van der Waals surface area contributed by atoms with E-state index in [1.165, 1.54) is 16.7 Å². The first-order chi connectivity index (χ1) is 14.1. The standard InChI is InChI=1S/C27H31NO/c1-20(2)25-26(23-16-10-5-11-17-23)28-24(22-14-8-4-9-15-22)19-27(25,29)18-21-12-6-3-7-13-21/h3-17,20,24-26,28-29H,18-19H2,1-2H3/p+1/t24-,25+,26-,27+/m0/s1. The van der Waals surface area contributed by atoms with Gasteiger partial charge < -0.3 is 10.4 Å². The molecule has 0 spiro atoms. The van der Waals surface area contributed by atoms with Crippen molar-refractivity contribution < 1.29 is 10.4 Å². The molecule has 0 aromatic heterocycles. The fourth-order valence-corrected chi connectivity index (χ4v) is 5.39. The summed E-state index contributed by atoms with van der Waals surface area (Å²) >= 11 is 0. The monoisotopic (exact) mass is 386 g/mol. The van der Waals surface area contributed by atoms with E-state index >= 15 is 0 Å². The van der Waals surface area contributed by atoms with Crippen LogP contribution in [-0.2, 0) is 6.42 Å². The van der Waals surface area contributed by atoms with Gasteiger partial charge in [-0.3, -0.25) is 0 Å². The van der Waals surface area contributed by atoms with Crippen molar-refractivity contribution >= 4 is 0 Å². The van der Waals surface area contributed by atoms with E-state index in [4.69, 9.17) is 0 Å². The molecule has 0 amide bonds. The van der Waals surface area contributed by atoms with Crippen LogP contribution in [0.3, 0.4) is 0 Å². The fourth-order valence-electron chi connectivity index (χ4n) is 5.39. The summed E-state index contributed by atoms with van der Waals surface area (Å²) in [6.07, 6.45) is 1.45. The van der Waals surface area contributed by atoms with Crippen molar-refractivity contribution in [1.29, 1.82) is 0 Å². The predicted molar refractivity (Wildman–Crippen MR) is 118 cm³/mol.